The van der Waals surface area contributed by atoms with Crippen LogP contribution in [-0.4, -0.2) is 80.6 Å². The van der Waals surface area contributed by atoms with Crippen LogP contribution in [0.5, 0.6) is 5.75 Å². The van der Waals surface area contributed by atoms with Gasteiger partial charge in [0.1, 0.15) is 12.4 Å². The number of aliphatic hydroxyl groups excluding tert-OH is 1. The number of para-hydroxylation sites is 1. The van der Waals surface area contributed by atoms with E-state index >= 15 is 0 Å². The summed E-state index contributed by atoms with van der Waals surface area (Å²) in [6, 6.07) is 8.12. The van der Waals surface area contributed by atoms with Gasteiger partial charge in [-0.05, 0) is 24.6 Å². The molecule has 1 saturated heterocycles. The second-order valence-electron chi connectivity index (χ2n) is 6.87. The molecule has 0 spiro atoms. The SMILES string of the molecule is CC(C)c1ccccc1OCCOC[C@H](O)CN1CCN(C)CC1. The summed E-state index contributed by atoms with van der Waals surface area (Å²) >= 11 is 0. The first-order chi connectivity index (χ1) is 11.6. The minimum absolute atomic E-state index is 0.363. The molecule has 0 aromatic heterocycles. The van der Waals surface area contributed by atoms with Gasteiger partial charge in [0.15, 0.2) is 0 Å². The van der Waals surface area contributed by atoms with Gasteiger partial charge in [0.25, 0.3) is 0 Å². The van der Waals surface area contributed by atoms with Crippen molar-refractivity contribution in [3.63, 3.8) is 0 Å². The Labute approximate surface area is 146 Å². The minimum Gasteiger partial charge on any atom is -0.491 e. The molecule has 0 bridgehead atoms. The van der Waals surface area contributed by atoms with Crippen LogP contribution in [0.4, 0.5) is 0 Å². The van der Waals surface area contributed by atoms with Crippen molar-refractivity contribution in [1.82, 2.24) is 9.80 Å². The summed E-state index contributed by atoms with van der Waals surface area (Å²) < 4.78 is 11.4. The van der Waals surface area contributed by atoms with Gasteiger partial charge in [-0.1, -0.05) is 32.0 Å². The van der Waals surface area contributed by atoms with E-state index in [1.807, 2.05) is 18.2 Å². The third kappa shape index (κ3) is 6.40. The second-order valence-corrected chi connectivity index (χ2v) is 6.87. The summed E-state index contributed by atoms with van der Waals surface area (Å²) in [6.45, 7) is 10.5. The van der Waals surface area contributed by atoms with Gasteiger partial charge in [0.05, 0.1) is 19.3 Å². The van der Waals surface area contributed by atoms with Crippen LogP contribution in [0.1, 0.15) is 25.3 Å². The van der Waals surface area contributed by atoms with Gasteiger partial charge in [0, 0.05) is 32.7 Å². The van der Waals surface area contributed by atoms with Crippen LogP contribution in [0.25, 0.3) is 0 Å². The van der Waals surface area contributed by atoms with Crippen LogP contribution >= 0.6 is 0 Å². The number of likely N-dealkylation sites (N-methyl/N-ethyl adjacent to an activating group) is 1. The number of benzene rings is 1. The van der Waals surface area contributed by atoms with Gasteiger partial charge in [-0.15, -0.1) is 0 Å². The van der Waals surface area contributed by atoms with Crippen molar-refractivity contribution >= 4 is 0 Å². The summed E-state index contributed by atoms with van der Waals surface area (Å²) in [6.07, 6.45) is -0.434. The van der Waals surface area contributed by atoms with Gasteiger partial charge >= 0.3 is 0 Å². The van der Waals surface area contributed by atoms with Gasteiger partial charge in [-0.25, -0.2) is 0 Å². The Morgan fingerprint density at radius 1 is 1.08 bits per heavy atom. The van der Waals surface area contributed by atoms with Crippen molar-refractivity contribution in [1.29, 1.82) is 0 Å². The fourth-order valence-corrected chi connectivity index (χ4v) is 2.90. The van der Waals surface area contributed by atoms with Crippen LogP contribution in [0, 0.1) is 0 Å². The molecular weight excluding hydrogens is 304 g/mol. The molecule has 1 aliphatic rings. The molecule has 0 unspecified atom stereocenters. The Kier molecular flexibility index (Phi) is 7.99. The van der Waals surface area contributed by atoms with E-state index in [1.54, 1.807) is 0 Å². The molecule has 2 rings (SSSR count). The van der Waals surface area contributed by atoms with E-state index in [9.17, 15) is 5.11 Å². The Morgan fingerprint density at radius 3 is 2.50 bits per heavy atom. The quantitative estimate of drug-likeness (QED) is 0.697. The number of piperazine rings is 1. The first kappa shape index (κ1) is 19.2. The van der Waals surface area contributed by atoms with E-state index in [-0.39, 0.29) is 0 Å². The fourth-order valence-electron chi connectivity index (χ4n) is 2.90. The minimum atomic E-state index is -0.434. The Hall–Kier alpha value is -1.14. The molecule has 1 aliphatic heterocycles. The lowest BCUT2D eigenvalue weighted by Gasteiger charge is -2.33. The number of ether oxygens (including phenoxy) is 2. The first-order valence-electron chi connectivity index (χ1n) is 8.94. The molecule has 5 nitrogen and oxygen atoms in total. The highest BCUT2D eigenvalue weighted by molar-refractivity contribution is 5.35. The molecule has 5 heteroatoms. The zero-order valence-electron chi connectivity index (χ0n) is 15.3. The lowest BCUT2D eigenvalue weighted by atomic mass is 10.0. The van der Waals surface area contributed by atoms with Gasteiger partial charge in [0.2, 0.25) is 0 Å². The summed E-state index contributed by atoms with van der Waals surface area (Å²) in [5.74, 6) is 1.36. The molecule has 1 aromatic carbocycles. The lowest BCUT2D eigenvalue weighted by molar-refractivity contribution is 0.00142. The molecule has 24 heavy (non-hydrogen) atoms. The third-order valence-corrected chi connectivity index (χ3v) is 4.40. The highest BCUT2D eigenvalue weighted by Crippen LogP contribution is 2.25. The van der Waals surface area contributed by atoms with Crippen molar-refractivity contribution in [2.24, 2.45) is 0 Å². The molecule has 0 aliphatic carbocycles. The Balaban J connectivity index is 1.59. The molecule has 0 amide bonds. The fraction of sp³-hybridized carbons (Fsp3) is 0.684. The van der Waals surface area contributed by atoms with Gasteiger partial charge < -0.3 is 19.5 Å². The van der Waals surface area contributed by atoms with E-state index in [0.717, 1.165) is 31.9 Å². The van der Waals surface area contributed by atoms with Crippen molar-refractivity contribution in [3.05, 3.63) is 29.8 Å². The van der Waals surface area contributed by atoms with E-state index in [1.165, 1.54) is 5.56 Å². The number of hydrogen-bond acceptors (Lipinski definition) is 5. The molecule has 1 aromatic rings. The largest absolute Gasteiger partial charge is 0.491 e. The third-order valence-electron chi connectivity index (χ3n) is 4.40. The normalized spacial score (nSPS) is 18.0. The molecule has 1 N–H and O–H groups in total. The highest BCUT2D eigenvalue weighted by Gasteiger charge is 2.17. The average molecular weight is 336 g/mol. The van der Waals surface area contributed by atoms with Crippen LogP contribution in [0.15, 0.2) is 24.3 Å². The van der Waals surface area contributed by atoms with Crippen molar-refractivity contribution in [3.8, 4) is 5.75 Å². The van der Waals surface area contributed by atoms with E-state index in [2.05, 4.69) is 36.8 Å². The Morgan fingerprint density at radius 2 is 1.79 bits per heavy atom. The monoisotopic (exact) mass is 336 g/mol. The molecule has 1 fully saturated rings. The van der Waals surface area contributed by atoms with Crippen molar-refractivity contribution in [2.75, 3.05) is 59.6 Å². The smallest absolute Gasteiger partial charge is 0.122 e. The molecular formula is C19H32N2O3. The van der Waals surface area contributed by atoms with Crippen LogP contribution < -0.4 is 4.74 Å². The van der Waals surface area contributed by atoms with E-state index in [4.69, 9.17) is 9.47 Å². The Bertz CT molecular complexity index is 473. The topological polar surface area (TPSA) is 45.2 Å². The second kappa shape index (κ2) is 9.99. The zero-order chi connectivity index (χ0) is 17.4. The number of hydrogen-bond donors (Lipinski definition) is 1. The molecule has 0 radical (unpaired) electrons. The molecule has 1 atom stereocenters. The van der Waals surface area contributed by atoms with Crippen LogP contribution in [0.2, 0.25) is 0 Å². The van der Waals surface area contributed by atoms with E-state index < -0.39 is 6.10 Å². The predicted octanol–water partition coefficient (Wildman–Crippen LogP) is 1.81. The van der Waals surface area contributed by atoms with E-state index in [0.29, 0.717) is 32.3 Å². The number of nitrogens with zero attached hydrogens (tertiary/aromatic N) is 2. The van der Waals surface area contributed by atoms with Crippen molar-refractivity contribution in [2.45, 2.75) is 25.9 Å². The van der Waals surface area contributed by atoms with Crippen LogP contribution in [0.3, 0.4) is 0 Å². The van der Waals surface area contributed by atoms with Gasteiger partial charge in [-0.3, -0.25) is 4.90 Å². The predicted molar refractivity (Wildman–Crippen MR) is 96.8 cm³/mol. The summed E-state index contributed by atoms with van der Waals surface area (Å²) in [5.41, 5.74) is 1.22. The highest BCUT2D eigenvalue weighted by atomic mass is 16.5. The standard InChI is InChI=1S/C19H32N2O3/c1-16(2)18-6-4-5-7-19(18)24-13-12-23-15-17(22)14-21-10-8-20(3)9-11-21/h4-7,16-17,22H,8-15H2,1-3H3/t17-/m1/s1. The molecule has 136 valence electrons. The first-order valence-corrected chi connectivity index (χ1v) is 8.94. The summed E-state index contributed by atoms with van der Waals surface area (Å²) in [5, 5.41) is 10.1. The summed E-state index contributed by atoms with van der Waals surface area (Å²) in [7, 11) is 2.13. The maximum atomic E-state index is 10.1. The van der Waals surface area contributed by atoms with Crippen LogP contribution in [-0.2, 0) is 4.74 Å². The zero-order valence-corrected chi connectivity index (χ0v) is 15.3. The molecule has 0 saturated carbocycles. The van der Waals surface area contributed by atoms with Gasteiger partial charge in [-0.2, -0.15) is 0 Å². The maximum Gasteiger partial charge on any atom is 0.122 e. The summed E-state index contributed by atoms with van der Waals surface area (Å²) in [4.78, 5) is 4.61. The number of aliphatic hydroxyl groups is 1. The average Bonchev–Trinajstić information content (AvgIpc) is 2.57. The number of β-amino-alcohol motifs (C(OH)–C–C–N with tert-alkyl or cyclic N) is 1. The van der Waals surface area contributed by atoms with Crippen molar-refractivity contribution < 1.29 is 14.6 Å². The number of rotatable bonds is 9. The maximum absolute atomic E-state index is 10.1. The lowest BCUT2D eigenvalue weighted by Crippen LogP contribution is -2.47. The molecule has 1 heterocycles.